The van der Waals surface area contributed by atoms with Crippen LogP contribution in [0.4, 0.5) is 0 Å². The molecule has 1 aliphatic heterocycles. The maximum absolute atomic E-state index is 5.95. The van der Waals surface area contributed by atoms with E-state index in [2.05, 4.69) is 54.5 Å². The van der Waals surface area contributed by atoms with Gasteiger partial charge in [0.1, 0.15) is 0 Å². The van der Waals surface area contributed by atoms with E-state index in [9.17, 15) is 0 Å². The first-order valence-electron chi connectivity index (χ1n) is 9.26. The Morgan fingerprint density at radius 3 is 2.88 bits per heavy atom. The van der Waals surface area contributed by atoms with Gasteiger partial charge in [-0.05, 0) is 26.2 Å². The van der Waals surface area contributed by atoms with Crippen molar-refractivity contribution in [1.29, 1.82) is 0 Å². The Balaban J connectivity index is 1.55. The first-order valence-corrected chi connectivity index (χ1v) is 9.26. The molecule has 25 heavy (non-hydrogen) atoms. The van der Waals surface area contributed by atoms with E-state index in [-0.39, 0.29) is 12.1 Å². The van der Waals surface area contributed by atoms with Crippen molar-refractivity contribution in [2.45, 2.75) is 59.2 Å². The van der Waals surface area contributed by atoms with E-state index < -0.39 is 0 Å². The lowest BCUT2D eigenvalue weighted by Gasteiger charge is -2.19. The summed E-state index contributed by atoms with van der Waals surface area (Å²) in [6.45, 7) is 11.0. The first kappa shape index (κ1) is 18.1. The predicted octanol–water partition coefficient (Wildman–Crippen LogP) is 2.91. The zero-order chi connectivity index (χ0) is 17.8. The molecule has 2 aromatic rings. The third-order valence-electron chi connectivity index (χ3n) is 4.64. The topological polar surface area (TPSA) is 78.0 Å². The highest BCUT2D eigenvalue weighted by Gasteiger charge is 2.31. The van der Waals surface area contributed by atoms with E-state index in [1.807, 2.05) is 10.9 Å². The Bertz CT molecular complexity index is 666. The molecule has 0 aromatic carbocycles. The zero-order valence-electron chi connectivity index (χ0n) is 15.6. The minimum atomic E-state index is 0.0352. The number of hydrogen-bond acceptors (Lipinski definition) is 6. The van der Waals surface area contributed by atoms with Gasteiger partial charge in [-0.25, -0.2) is 0 Å². The van der Waals surface area contributed by atoms with Crippen molar-refractivity contribution in [3.8, 4) is 0 Å². The maximum Gasteiger partial charge on any atom is 0.233 e. The second-order valence-corrected chi connectivity index (χ2v) is 7.23. The van der Waals surface area contributed by atoms with Gasteiger partial charge in [-0.1, -0.05) is 13.8 Å². The normalized spacial score (nSPS) is 22.0. The molecule has 1 aliphatic rings. The van der Waals surface area contributed by atoms with Crippen LogP contribution in [0.2, 0.25) is 0 Å². The fourth-order valence-electron chi connectivity index (χ4n) is 3.20. The van der Waals surface area contributed by atoms with Gasteiger partial charge < -0.3 is 14.5 Å². The third-order valence-corrected chi connectivity index (χ3v) is 4.64. The van der Waals surface area contributed by atoms with Crippen LogP contribution < -0.4 is 5.32 Å². The molecule has 1 N–H and O–H groups in total. The van der Waals surface area contributed by atoms with Crippen molar-refractivity contribution in [2.75, 3.05) is 13.2 Å². The van der Waals surface area contributed by atoms with Crippen LogP contribution in [-0.4, -0.2) is 33.1 Å². The molecular weight excluding hydrogens is 318 g/mol. The molecule has 0 bridgehead atoms. The average molecular weight is 347 g/mol. The Labute approximate surface area is 149 Å². The van der Waals surface area contributed by atoms with Crippen molar-refractivity contribution in [3.63, 3.8) is 0 Å². The number of nitrogens with one attached hydrogen (secondary N) is 1. The summed E-state index contributed by atoms with van der Waals surface area (Å²) >= 11 is 0. The van der Waals surface area contributed by atoms with Crippen LogP contribution in [-0.2, 0) is 17.7 Å². The Hall–Kier alpha value is -1.73. The van der Waals surface area contributed by atoms with Crippen LogP contribution in [0.15, 0.2) is 16.8 Å². The third kappa shape index (κ3) is 4.46. The lowest BCUT2D eigenvalue weighted by molar-refractivity contribution is 0.0896. The summed E-state index contributed by atoms with van der Waals surface area (Å²) in [5.41, 5.74) is 1.16. The smallest absolute Gasteiger partial charge is 0.233 e. The lowest BCUT2D eigenvalue weighted by atomic mass is 9.97. The molecule has 3 atom stereocenters. The monoisotopic (exact) mass is 347 g/mol. The van der Waals surface area contributed by atoms with Gasteiger partial charge >= 0.3 is 0 Å². The largest absolute Gasteiger partial charge is 0.424 e. The molecule has 0 amide bonds. The molecule has 3 heterocycles. The van der Waals surface area contributed by atoms with Gasteiger partial charge in [-0.2, -0.15) is 5.10 Å². The van der Waals surface area contributed by atoms with Crippen LogP contribution in [0.1, 0.15) is 63.6 Å². The van der Waals surface area contributed by atoms with E-state index in [1.54, 1.807) is 0 Å². The number of aromatic nitrogens is 4. The number of ether oxygens (including phenoxy) is 1. The molecule has 1 saturated heterocycles. The molecular formula is C18H29N5O2. The van der Waals surface area contributed by atoms with E-state index >= 15 is 0 Å². The van der Waals surface area contributed by atoms with E-state index in [4.69, 9.17) is 9.15 Å². The molecule has 0 saturated carbocycles. The van der Waals surface area contributed by atoms with Crippen LogP contribution >= 0.6 is 0 Å². The van der Waals surface area contributed by atoms with Gasteiger partial charge in [0.2, 0.25) is 11.8 Å². The number of nitrogens with zero attached hydrogens (tertiary/aromatic N) is 4. The van der Waals surface area contributed by atoms with Gasteiger partial charge in [0, 0.05) is 43.8 Å². The summed E-state index contributed by atoms with van der Waals surface area (Å²) in [5, 5.41) is 16.2. The first-order chi connectivity index (χ1) is 12.1. The molecule has 0 radical (unpaired) electrons. The van der Waals surface area contributed by atoms with Crippen molar-refractivity contribution in [3.05, 3.63) is 29.7 Å². The fourth-order valence-corrected chi connectivity index (χ4v) is 3.20. The molecule has 1 fully saturated rings. The highest BCUT2D eigenvalue weighted by molar-refractivity contribution is 5.11. The average Bonchev–Trinajstić information content (AvgIpc) is 3.31. The van der Waals surface area contributed by atoms with E-state index in [1.165, 1.54) is 0 Å². The molecule has 7 heteroatoms. The maximum atomic E-state index is 5.95. The van der Waals surface area contributed by atoms with Crippen molar-refractivity contribution in [2.24, 2.45) is 11.8 Å². The highest BCUT2D eigenvalue weighted by Crippen LogP contribution is 2.34. The standard InChI is InChI=1S/C18H29N5O2/c1-5-23-11-15(10-20-23)17-14(6-7-24-17)9-19-13(4)18-22-21-16(25-18)8-12(2)3/h10-14,17,19H,5-9H2,1-4H3/t13-,14-,17+/m0/s1. The zero-order valence-corrected chi connectivity index (χ0v) is 15.6. The van der Waals surface area contributed by atoms with Crippen LogP contribution in [0.5, 0.6) is 0 Å². The summed E-state index contributed by atoms with van der Waals surface area (Å²) in [4.78, 5) is 0. The number of hydrogen-bond donors (Lipinski definition) is 1. The number of aryl methyl sites for hydroxylation is 1. The summed E-state index contributed by atoms with van der Waals surface area (Å²) in [5.74, 6) is 2.31. The quantitative estimate of drug-likeness (QED) is 0.791. The Morgan fingerprint density at radius 1 is 1.32 bits per heavy atom. The van der Waals surface area contributed by atoms with Gasteiger partial charge in [-0.15, -0.1) is 10.2 Å². The Kier molecular flexibility index (Phi) is 5.86. The van der Waals surface area contributed by atoms with Crippen molar-refractivity contribution < 1.29 is 9.15 Å². The van der Waals surface area contributed by atoms with Crippen molar-refractivity contribution >= 4 is 0 Å². The minimum absolute atomic E-state index is 0.0352. The molecule has 138 valence electrons. The SMILES string of the molecule is CCn1cc([C@@H]2OCC[C@H]2CN[C@@H](C)c2nnc(CC(C)C)o2)cn1. The molecule has 0 unspecified atom stereocenters. The summed E-state index contributed by atoms with van der Waals surface area (Å²) < 4.78 is 13.7. The van der Waals surface area contributed by atoms with E-state index in [0.717, 1.165) is 38.1 Å². The second-order valence-electron chi connectivity index (χ2n) is 7.23. The van der Waals surface area contributed by atoms with E-state index in [0.29, 0.717) is 23.6 Å². The lowest BCUT2D eigenvalue weighted by Crippen LogP contribution is -2.27. The van der Waals surface area contributed by atoms with Gasteiger partial charge in [-0.3, -0.25) is 4.68 Å². The fraction of sp³-hybridized carbons (Fsp3) is 0.722. The molecule has 0 spiro atoms. The summed E-state index contributed by atoms with van der Waals surface area (Å²) in [6.07, 6.45) is 5.98. The molecule has 0 aliphatic carbocycles. The van der Waals surface area contributed by atoms with Crippen LogP contribution in [0.3, 0.4) is 0 Å². The predicted molar refractivity (Wildman–Crippen MR) is 94.0 cm³/mol. The molecule has 7 nitrogen and oxygen atoms in total. The summed E-state index contributed by atoms with van der Waals surface area (Å²) in [7, 11) is 0. The van der Waals surface area contributed by atoms with Crippen LogP contribution in [0.25, 0.3) is 0 Å². The van der Waals surface area contributed by atoms with Crippen molar-refractivity contribution in [1.82, 2.24) is 25.3 Å². The minimum Gasteiger partial charge on any atom is -0.424 e. The number of rotatable bonds is 8. The summed E-state index contributed by atoms with van der Waals surface area (Å²) in [6, 6.07) is 0.0352. The highest BCUT2D eigenvalue weighted by atomic mass is 16.5. The Morgan fingerprint density at radius 2 is 2.16 bits per heavy atom. The molecule has 2 aromatic heterocycles. The van der Waals surface area contributed by atoms with Crippen LogP contribution in [0, 0.1) is 11.8 Å². The van der Waals surface area contributed by atoms with Gasteiger partial charge in [0.05, 0.1) is 18.3 Å². The van der Waals surface area contributed by atoms with Gasteiger partial charge in [0.15, 0.2) is 0 Å². The second kappa shape index (κ2) is 8.10. The molecule has 3 rings (SSSR count). The van der Waals surface area contributed by atoms with Gasteiger partial charge in [0.25, 0.3) is 0 Å².